The first-order valence-electron chi connectivity index (χ1n) is 6.34. The van der Waals surface area contributed by atoms with Gasteiger partial charge in [-0.05, 0) is 43.9 Å². The van der Waals surface area contributed by atoms with Gasteiger partial charge in [0.2, 0.25) is 0 Å². The van der Waals surface area contributed by atoms with Crippen molar-refractivity contribution in [2.45, 2.75) is 43.0 Å². The van der Waals surface area contributed by atoms with Crippen LogP contribution in [0.3, 0.4) is 0 Å². The number of hydrogen-bond acceptors (Lipinski definition) is 3. The first-order chi connectivity index (χ1) is 9.27. The van der Waals surface area contributed by atoms with Crippen LogP contribution >= 0.6 is 10.7 Å². The summed E-state index contributed by atoms with van der Waals surface area (Å²) in [4.78, 5) is 11.5. The van der Waals surface area contributed by atoms with E-state index < -0.39 is 25.7 Å². The van der Waals surface area contributed by atoms with E-state index >= 15 is 0 Å². The summed E-state index contributed by atoms with van der Waals surface area (Å²) in [5.74, 6) is -1.38. The molecule has 1 aromatic carbocycles. The predicted molar refractivity (Wildman–Crippen MR) is 73.8 cm³/mol. The fraction of sp³-hybridized carbons (Fsp3) is 0.462. The number of nitrogens with one attached hydrogen (secondary N) is 1. The average molecular weight is 320 g/mol. The van der Waals surface area contributed by atoms with Gasteiger partial charge in [0, 0.05) is 21.8 Å². The Labute approximate surface area is 121 Å². The van der Waals surface area contributed by atoms with Crippen LogP contribution in [-0.4, -0.2) is 19.9 Å². The lowest BCUT2D eigenvalue weighted by atomic mass is 9.74. The highest BCUT2D eigenvalue weighted by atomic mass is 35.7. The van der Waals surface area contributed by atoms with Crippen molar-refractivity contribution < 1.29 is 17.6 Å². The zero-order chi connectivity index (χ0) is 15.0. The van der Waals surface area contributed by atoms with Crippen LogP contribution in [0.5, 0.6) is 0 Å². The fourth-order valence-electron chi connectivity index (χ4n) is 2.31. The molecular formula is C13H15ClFNO3S. The van der Waals surface area contributed by atoms with Gasteiger partial charge in [0.05, 0.1) is 0 Å². The van der Waals surface area contributed by atoms with Gasteiger partial charge in [-0.2, -0.15) is 0 Å². The Balaban J connectivity index is 2.27. The Bertz CT molecular complexity index is 636. The largest absolute Gasteiger partial charge is 0.347 e. The minimum Gasteiger partial charge on any atom is -0.347 e. The molecule has 0 bridgehead atoms. The van der Waals surface area contributed by atoms with Crippen LogP contribution in [0.2, 0.25) is 0 Å². The fourth-order valence-corrected chi connectivity index (χ4v) is 3.24. The van der Waals surface area contributed by atoms with Crippen LogP contribution in [0.15, 0.2) is 23.1 Å². The Morgan fingerprint density at radius 1 is 1.45 bits per heavy atom. The highest BCUT2D eigenvalue weighted by molar-refractivity contribution is 8.13. The van der Waals surface area contributed by atoms with Crippen molar-refractivity contribution >= 4 is 25.6 Å². The normalized spacial score (nSPS) is 17.4. The van der Waals surface area contributed by atoms with Crippen LogP contribution in [0, 0.1) is 5.82 Å². The van der Waals surface area contributed by atoms with Crippen molar-refractivity contribution in [2.75, 3.05) is 0 Å². The van der Waals surface area contributed by atoms with Crippen LogP contribution in [0.1, 0.15) is 43.0 Å². The summed E-state index contributed by atoms with van der Waals surface area (Å²) in [5.41, 5.74) is -0.129. The van der Waals surface area contributed by atoms with E-state index in [9.17, 15) is 17.6 Å². The molecule has 1 N–H and O–H groups in total. The molecule has 1 aliphatic carbocycles. The predicted octanol–water partition coefficient (Wildman–Crippen LogP) is 2.82. The van der Waals surface area contributed by atoms with Crippen LogP contribution in [0.4, 0.5) is 4.39 Å². The Hall–Kier alpha value is -1.14. The summed E-state index contributed by atoms with van der Waals surface area (Å²) >= 11 is 0. The maximum absolute atomic E-state index is 13.4. The molecule has 0 spiro atoms. The third-order valence-electron chi connectivity index (χ3n) is 3.82. The van der Waals surface area contributed by atoms with Gasteiger partial charge in [0.1, 0.15) is 10.7 Å². The van der Waals surface area contributed by atoms with Gasteiger partial charge in [0.15, 0.2) is 0 Å². The van der Waals surface area contributed by atoms with Crippen LogP contribution < -0.4 is 5.32 Å². The second kappa shape index (κ2) is 5.33. The summed E-state index contributed by atoms with van der Waals surface area (Å²) in [7, 11) is 0.927. The number of halogens is 2. The van der Waals surface area contributed by atoms with Crippen molar-refractivity contribution in [1.82, 2.24) is 5.32 Å². The number of benzene rings is 1. The lowest BCUT2D eigenvalue weighted by Gasteiger charge is -2.42. The van der Waals surface area contributed by atoms with E-state index in [4.69, 9.17) is 10.7 Å². The van der Waals surface area contributed by atoms with Crippen molar-refractivity contribution in [3.05, 3.63) is 29.6 Å². The van der Waals surface area contributed by atoms with Gasteiger partial charge in [-0.15, -0.1) is 0 Å². The Morgan fingerprint density at radius 3 is 2.55 bits per heavy atom. The molecule has 1 aliphatic rings. The van der Waals surface area contributed by atoms with Gasteiger partial charge in [0.25, 0.3) is 15.0 Å². The minimum atomic E-state index is -4.21. The van der Waals surface area contributed by atoms with Crippen molar-refractivity contribution in [3.63, 3.8) is 0 Å². The third-order valence-corrected chi connectivity index (χ3v) is 5.16. The molecule has 4 nitrogen and oxygen atoms in total. The molecule has 0 atom stereocenters. The van der Waals surface area contributed by atoms with Gasteiger partial charge < -0.3 is 5.32 Å². The number of rotatable bonds is 4. The first-order valence-corrected chi connectivity index (χ1v) is 8.65. The lowest BCUT2D eigenvalue weighted by molar-refractivity contribution is 0.0820. The van der Waals surface area contributed by atoms with E-state index in [1.54, 1.807) is 0 Å². The summed E-state index contributed by atoms with van der Waals surface area (Å²) < 4.78 is 35.9. The molecule has 1 aromatic rings. The Kier molecular flexibility index (Phi) is 4.07. The van der Waals surface area contributed by atoms with Gasteiger partial charge in [-0.25, -0.2) is 12.8 Å². The molecule has 0 heterocycles. The molecule has 0 aromatic heterocycles. The van der Waals surface area contributed by atoms with Gasteiger partial charge in [-0.3, -0.25) is 4.79 Å². The second-order valence-corrected chi connectivity index (χ2v) is 7.56. The zero-order valence-corrected chi connectivity index (χ0v) is 12.5. The third kappa shape index (κ3) is 2.96. The van der Waals surface area contributed by atoms with Crippen molar-refractivity contribution in [2.24, 2.45) is 0 Å². The molecule has 7 heteroatoms. The smallest absolute Gasteiger partial charge is 0.264 e. The molecule has 110 valence electrons. The summed E-state index contributed by atoms with van der Waals surface area (Å²) in [6.07, 6.45) is 3.66. The Morgan fingerprint density at radius 2 is 2.10 bits per heavy atom. The highest BCUT2D eigenvalue weighted by Gasteiger charge is 2.36. The summed E-state index contributed by atoms with van der Waals surface area (Å²) in [6.45, 7) is 1.98. The highest BCUT2D eigenvalue weighted by Crippen LogP contribution is 2.35. The molecule has 20 heavy (non-hydrogen) atoms. The van der Waals surface area contributed by atoms with Crippen molar-refractivity contribution in [1.29, 1.82) is 0 Å². The van der Waals surface area contributed by atoms with E-state index in [1.165, 1.54) is 6.07 Å². The average Bonchev–Trinajstić information content (AvgIpc) is 2.32. The minimum absolute atomic E-state index is 0.0883. The number of amides is 1. The second-order valence-electron chi connectivity index (χ2n) is 5.02. The van der Waals surface area contributed by atoms with E-state index in [0.717, 1.165) is 37.8 Å². The van der Waals surface area contributed by atoms with E-state index in [1.807, 2.05) is 6.92 Å². The maximum Gasteiger partial charge on any atom is 0.264 e. The lowest BCUT2D eigenvalue weighted by Crippen LogP contribution is -2.52. The number of hydrogen-bond donors (Lipinski definition) is 1. The van der Waals surface area contributed by atoms with E-state index in [0.29, 0.717) is 0 Å². The number of carbonyl (C=O) groups is 1. The van der Waals surface area contributed by atoms with Gasteiger partial charge >= 0.3 is 0 Å². The van der Waals surface area contributed by atoms with Crippen LogP contribution in [0.25, 0.3) is 0 Å². The first kappa shape index (κ1) is 15.3. The molecule has 0 radical (unpaired) electrons. The molecule has 1 fully saturated rings. The quantitative estimate of drug-likeness (QED) is 0.868. The SMILES string of the molecule is CCC1(NC(=O)c2ccc(F)c(S(=O)(=O)Cl)c2)CCC1. The summed E-state index contributed by atoms with van der Waals surface area (Å²) in [5, 5.41) is 2.89. The van der Waals surface area contributed by atoms with Crippen molar-refractivity contribution in [3.8, 4) is 0 Å². The standard InChI is InChI=1S/C13H15ClFNO3S/c1-2-13(6-3-7-13)16-12(17)9-4-5-10(15)11(8-9)20(14,18)19/h4-5,8H,2-3,6-7H2,1H3,(H,16,17). The molecule has 0 unspecified atom stereocenters. The van der Waals surface area contributed by atoms with E-state index in [2.05, 4.69) is 5.32 Å². The van der Waals surface area contributed by atoms with Gasteiger partial charge in [-0.1, -0.05) is 6.92 Å². The molecule has 0 saturated heterocycles. The molecule has 2 rings (SSSR count). The maximum atomic E-state index is 13.4. The molecule has 1 amide bonds. The monoisotopic (exact) mass is 319 g/mol. The molecular weight excluding hydrogens is 305 g/mol. The topological polar surface area (TPSA) is 63.2 Å². The summed E-state index contributed by atoms with van der Waals surface area (Å²) in [6, 6.07) is 3.15. The molecule has 0 aliphatic heterocycles. The number of carbonyl (C=O) groups excluding carboxylic acids is 1. The molecule has 1 saturated carbocycles. The van der Waals surface area contributed by atoms with Crippen LogP contribution in [-0.2, 0) is 9.05 Å². The zero-order valence-electron chi connectivity index (χ0n) is 10.9. The van der Waals surface area contributed by atoms with E-state index in [-0.39, 0.29) is 11.1 Å².